The molecule has 0 radical (unpaired) electrons. The molecule has 3 rings (SSSR count). The van der Waals surface area contributed by atoms with Crippen LogP contribution in [0.5, 0.6) is 0 Å². The van der Waals surface area contributed by atoms with E-state index in [-0.39, 0.29) is 18.0 Å². The van der Waals surface area contributed by atoms with Gasteiger partial charge in [0.2, 0.25) is 6.41 Å². The molecular weight excluding hydrogens is 546 g/mol. The summed E-state index contributed by atoms with van der Waals surface area (Å²) in [7, 11) is 0. The first-order valence-electron chi connectivity index (χ1n) is 13.6. The maximum absolute atomic E-state index is 13.1. The van der Waals surface area contributed by atoms with Crippen LogP contribution in [0.25, 0.3) is 6.08 Å². The van der Waals surface area contributed by atoms with Gasteiger partial charge in [-0.2, -0.15) is 0 Å². The summed E-state index contributed by atoms with van der Waals surface area (Å²) in [4.78, 5) is 36.5. The second-order valence-electron chi connectivity index (χ2n) is 9.78. The zero-order valence-corrected chi connectivity index (χ0v) is 23.6. The number of cyclic esters (lactones) is 1. The van der Waals surface area contributed by atoms with E-state index in [1.165, 1.54) is 0 Å². The minimum atomic E-state index is -0.788. The quantitative estimate of drug-likeness (QED) is 0.132. The van der Waals surface area contributed by atoms with E-state index in [4.69, 9.17) is 9.47 Å². The number of rotatable bonds is 17. The molecule has 6 nitrogen and oxygen atoms in total. The maximum atomic E-state index is 13.1. The molecule has 7 heteroatoms. The Morgan fingerprint density at radius 1 is 1.11 bits per heavy atom. The molecular formula is C31H38BrNO5. The predicted octanol–water partition coefficient (Wildman–Crippen LogP) is 6.41. The number of unbranched alkanes of at least 4 members (excludes halogenated alkanes) is 3. The van der Waals surface area contributed by atoms with E-state index < -0.39 is 18.1 Å². The summed E-state index contributed by atoms with van der Waals surface area (Å²) in [6, 6.07) is 16.7. The number of hydrogen-bond donors (Lipinski definition) is 1. The Bertz CT molecular complexity index is 1040. The molecule has 1 amide bonds. The van der Waals surface area contributed by atoms with Gasteiger partial charge in [-0.3, -0.25) is 9.59 Å². The molecule has 1 fully saturated rings. The van der Waals surface area contributed by atoms with Crippen molar-refractivity contribution in [3.63, 3.8) is 0 Å². The third-order valence-electron chi connectivity index (χ3n) is 6.84. The van der Waals surface area contributed by atoms with Crippen LogP contribution in [0.2, 0.25) is 0 Å². The van der Waals surface area contributed by atoms with Crippen molar-refractivity contribution in [2.45, 2.75) is 83.0 Å². The van der Waals surface area contributed by atoms with E-state index in [0.29, 0.717) is 32.1 Å². The van der Waals surface area contributed by atoms with Gasteiger partial charge in [-0.1, -0.05) is 103 Å². The highest BCUT2D eigenvalue weighted by atomic mass is 79.9. The van der Waals surface area contributed by atoms with Crippen LogP contribution in [-0.4, -0.2) is 36.6 Å². The summed E-state index contributed by atoms with van der Waals surface area (Å²) in [6.45, 7) is 2.16. The summed E-state index contributed by atoms with van der Waals surface area (Å²) in [5, 5.41) is 2.61. The highest BCUT2D eigenvalue weighted by molar-refractivity contribution is 9.10. The van der Waals surface area contributed by atoms with E-state index in [1.807, 2.05) is 60.7 Å². The van der Waals surface area contributed by atoms with Crippen LogP contribution in [0.15, 0.2) is 65.1 Å². The molecule has 1 saturated heterocycles. The fourth-order valence-electron chi connectivity index (χ4n) is 4.65. The monoisotopic (exact) mass is 583 g/mol. The summed E-state index contributed by atoms with van der Waals surface area (Å²) < 4.78 is 12.5. The molecule has 0 aliphatic carbocycles. The second kappa shape index (κ2) is 16.1. The van der Waals surface area contributed by atoms with Gasteiger partial charge in [-0.05, 0) is 42.5 Å². The lowest BCUT2D eigenvalue weighted by Gasteiger charge is -2.37. The number of hydrogen-bond acceptors (Lipinski definition) is 5. The average Bonchev–Trinajstić information content (AvgIpc) is 2.91. The Hall–Kier alpha value is -2.93. The van der Waals surface area contributed by atoms with Crippen molar-refractivity contribution < 1.29 is 23.9 Å². The van der Waals surface area contributed by atoms with Crippen LogP contribution in [0.3, 0.4) is 0 Å². The molecule has 0 saturated carbocycles. The smallest absolute Gasteiger partial charge is 0.329 e. The Balaban J connectivity index is 1.63. The number of benzene rings is 2. The lowest BCUT2D eigenvalue weighted by atomic mass is 9.86. The highest BCUT2D eigenvalue weighted by Gasteiger charge is 2.43. The van der Waals surface area contributed by atoms with Gasteiger partial charge in [-0.25, -0.2) is 4.79 Å². The van der Waals surface area contributed by atoms with Gasteiger partial charge in [0.05, 0.1) is 5.92 Å². The fourth-order valence-corrected chi connectivity index (χ4v) is 4.92. The molecule has 0 unspecified atom stereocenters. The van der Waals surface area contributed by atoms with E-state index in [1.54, 1.807) is 0 Å². The van der Waals surface area contributed by atoms with E-state index >= 15 is 0 Å². The zero-order chi connectivity index (χ0) is 27.2. The Morgan fingerprint density at radius 2 is 1.87 bits per heavy atom. The zero-order valence-electron chi connectivity index (χ0n) is 22.0. The molecule has 1 heterocycles. The first kappa shape index (κ1) is 29.6. The van der Waals surface area contributed by atoms with Crippen molar-refractivity contribution in [2.75, 3.05) is 0 Å². The summed E-state index contributed by atoms with van der Waals surface area (Å²) in [5.74, 6) is -0.774. The van der Waals surface area contributed by atoms with Gasteiger partial charge >= 0.3 is 11.9 Å². The van der Waals surface area contributed by atoms with E-state index in [9.17, 15) is 14.4 Å². The van der Waals surface area contributed by atoms with Crippen molar-refractivity contribution in [2.24, 2.45) is 5.92 Å². The Morgan fingerprint density at radius 3 is 2.55 bits per heavy atom. The molecule has 2 aromatic rings. The predicted molar refractivity (Wildman–Crippen MR) is 152 cm³/mol. The Labute approximate surface area is 234 Å². The molecule has 1 N–H and O–H groups in total. The first-order chi connectivity index (χ1) is 18.5. The molecule has 0 bridgehead atoms. The number of carbonyl (C=O) groups excluding carboxylic acids is 3. The third kappa shape index (κ3) is 9.75. The van der Waals surface area contributed by atoms with Gasteiger partial charge in [-0.15, -0.1) is 0 Å². The number of ether oxygens (including phenoxy) is 2. The number of esters is 2. The SMILES string of the molecule is CCCCCC[C@@H]1C(=O)O[C@H]1C[C@H](CC/C=C/c1ccc(Br)cc1)OC(=O)[C@H](Cc1ccccc1)NC=O. The van der Waals surface area contributed by atoms with Crippen LogP contribution in [0.4, 0.5) is 0 Å². The van der Waals surface area contributed by atoms with Crippen molar-refractivity contribution in [3.8, 4) is 0 Å². The standard InChI is InChI=1S/C31H38BrNO5/c1-2-3-4-8-15-27-29(38-30(27)35)21-26(14-10-9-11-23-16-18-25(32)19-17-23)37-31(36)28(33-22-34)20-24-12-6-5-7-13-24/h5-7,9,11-13,16-19,22,26-29H,2-4,8,10,14-15,20-21H2,1H3,(H,33,34)/b11-9+/t26-,27-,28-,29-/m0/s1. The van der Waals surface area contributed by atoms with Crippen molar-refractivity contribution in [3.05, 3.63) is 76.3 Å². The number of allylic oxidation sites excluding steroid dienone is 1. The van der Waals surface area contributed by atoms with Gasteiger partial charge in [0.25, 0.3) is 0 Å². The number of nitrogens with one attached hydrogen (secondary N) is 1. The van der Waals surface area contributed by atoms with Gasteiger partial charge in [0.1, 0.15) is 18.2 Å². The van der Waals surface area contributed by atoms with Crippen molar-refractivity contribution in [1.29, 1.82) is 0 Å². The third-order valence-corrected chi connectivity index (χ3v) is 7.37. The van der Waals surface area contributed by atoms with E-state index in [2.05, 4.69) is 34.2 Å². The van der Waals surface area contributed by atoms with Crippen molar-refractivity contribution >= 4 is 40.4 Å². The van der Waals surface area contributed by atoms with Crippen LogP contribution < -0.4 is 5.32 Å². The molecule has 1 aliphatic heterocycles. The summed E-state index contributed by atoms with van der Waals surface area (Å²) >= 11 is 3.44. The summed E-state index contributed by atoms with van der Waals surface area (Å²) in [5.41, 5.74) is 2.01. The lowest BCUT2D eigenvalue weighted by Crippen LogP contribution is -2.48. The number of amides is 1. The topological polar surface area (TPSA) is 81.7 Å². The normalized spacial score (nSPS) is 18.3. The van der Waals surface area contributed by atoms with Crippen LogP contribution in [0, 0.1) is 5.92 Å². The number of halogens is 1. The molecule has 2 aromatic carbocycles. The molecule has 1 aliphatic rings. The maximum Gasteiger partial charge on any atom is 0.329 e. The Kier molecular flexibility index (Phi) is 12.6. The average molecular weight is 585 g/mol. The van der Waals surface area contributed by atoms with Crippen LogP contribution >= 0.6 is 15.9 Å². The molecule has 4 atom stereocenters. The van der Waals surface area contributed by atoms with Crippen LogP contribution in [0.1, 0.15) is 69.4 Å². The minimum absolute atomic E-state index is 0.139. The van der Waals surface area contributed by atoms with E-state index in [0.717, 1.165) is 47.7 Å². The van der Waals surface area contributed by atoms with Crippen molar-refractivity contribution in [1.82, 2.24) is 5.32 Å². The van der Waals surface area contributed by atoms with Gasteiger partial charge < -0.3 is 14.8 Å². The molecule has 0 spiro atoms. The largest absolute Gasteiger partial charge is 0.461 e. The summed E-state index contributed by atoms with van der Waals surface area (Å²) in [6.07, 6.45) is 11.2. The second-order valence-corrected chi connectivity index (χ2v) is 10.7. The van der Waals surface area contributed by atoms with Crippen LogP contribution in [-0.2, 0) is 30.3 Å². The minimum Gasteiger partial charge on any atom is -0.461 e. The van der Waals surface area contributed by atoms with Gasteiger partial charge in [0.15, 0.2) is 0 Å². The van der Waals surface area contributed by atoms with Gasteiger partial charge in [0, 0.05) is 17.3 Å². The molecule has 38 heavy (non-hydrogen) atoms. The highest BCUT2D eigenvalue weighted by Crippen LogP contribution is 2.32. The fraction of sp³-hybridized carbons (Fsp3) is 0.452. The molecule has 0 aromatic heterocycles. The number of carbonyl (C=O) groups is 3. The molecule has 204 valence electrons. The lowest BCUT2D eigenvalue weighted by molar-refractivity contribution is -0.190. The first-order valence-corrected chi connectivity index (χ1v) is 14.4.